The fourth-order valence-corrected chi connectivity index (χ4v) is 2.27. The molecule has 0 atom stereocenters. The average Bonchev–Trinajstić information content (AvgIpc) is 2.50. The summed E-state index contributed by atoms with van der Waals surface area (Å²) in [7, 11) is 0. The Labute approximate surface area is 117 Å². The van der Waals surface area contributed by atoms with Crippen molar-refractivity contribution in [2.24, 2.45) is 0 Å². The van der Waals surface area contributed by atoms with Crippen molar-refractivity contribution in [3.05, 3.63) is 23.8 Å². The lowest BCUT2D eigenvalue weighted by atomic mass is 10.0. The van der Waals surface area contributed by atoms with Crippen molar-refractivity contribution >= 4 is 5.91 Å². The summed E-state index contributed by atoms with van der Waals surface area (Å²) in [6.45, 7) is 8.39. The molecular formula is C16H24N2O. The highest BCUT2D eigenvalue weighted by Gasteiger charge is 2.20. The first-order valence-electron chi connectivity index (χ1n) is 7.12. The minimum absolute atomic E-state index is 0.176. The molecule has 0 radical (unpaired) electrons. The quantitative estimate of drug-likeness (QED) is 0.710. The van der Waals surface area contributed by atoms with Crippen LogP contribution in [0.3, 0.4) is 0 Å². The van der Waals surface area contributed by atoms with Crippen LogP contribution < -0.4 is 0 Å². The first-order valence-corrected chi connectivity index (χ1v) is 7.12. The Morgan fingerprint density at radius 2 is 2.00 bits per heavy atom. The van der Waals surface area contributed by atoms with E-state index in [0.29, 0.717) is 0 Å². The summed E-state index contributed by atoms with van der Waals surface area (Å²) in [6, 6.07) is 0. The van der Waals surface area contributed by atoms with Gasteiger partial charge in [-0.3, -0.25) is 9.69 Å². The molecule has 2 rings (SSSR count). The Morgan fingerprint density at radius 1 is 1.32 bits per heavy atom. The molecule has 0 unspecified atom stereocenters. The maximum atomic E-state index is 11.3. The summed E-state index contributed by atoms with van der Waals surface area (Å²) >= 11 is 0. The highest BCUT2D eigenvalue weighted by Crippen LogP contribution is 2.14. The van der Waals surface area contributed by atoms with Gasteiger partial charge in [-0.15, -0.1) is 6.42 Å². The van der Waals surface area contributed by atoms with Crippen LogP contribution >= 0.6 is 0 Å². The fourth-order valence-electron chi connectivity index (χ4n) is 2.27. The van der Waals surface area contributed by atoms with Crippen LogP contribution in [0.5, 0.6) is 0 Å². The number of amides is 1. The highest BCUT2D eigenvalue weighted by molar-refractivity contribution is 5.92. The van der Waals surface area contributed by atoms with Gasteiger partial charge >= 0.3 is 0 Å². The number of hydrogen-bond donors (Lipinski definition) is 0. The van der Waals surface area contributed by atoms with E-state index in [2.05, 4.69) is 29.0 Å². The molecule has 3 heteroatoms. The van der Waals surface area contributed by atoms with Crippen LogP contribution in [0.25, 0.3) is 0 Å². The molecule has 0 aromatic carbocycles. The van der Waals surface area contributed by atoms with E-state index in [1.165, 1.54) is 12.0 Å². The Balaban J connectivity index is 0.000000861. The molecule has 1 heterocycles. The third kappa shape index (κ3) is 4.92. The minimum Gasteiger partial charge on any atom is -0.329 e. The lowest BCUT2D eigenvalue weighted by Crippen LogP contribution is -2.48. The van der Waals surface area contributed by atoms with Gasteiger partial charge in [-0.05, 0) is 18.8 Å². The second-order valence-corrected chi connectivity index (χ2v) is 4.50. The van der Waals surface area contributed by atoms with Crippen molar-refractivity contribution in [2.45, 2.75) is 26.7 Å². The predicted molar refractivity (Wildman–Crippen MR) is 79.7 cm³/mol. The monoisotopic (exact) mass is 260 g/mol. The maximum absolute atomic E-state index is 11.3. The van der Waals surface area contributed by atoms with Crippen LogP contribution in [-0.2, 0) is 4.79 Å². The average molecular weight is 260 g/mol. The van der Waals surface area contributed by atoms with Gasteiger partial charge in [0.25, 0.3) is 5.91 Å². The van der Waals surface area contributed by atoms with Crippen LogP contribution in [0.15, 0.2) is 23.8 Å². The predicted octanol–water partition coefficient (Wildman–Crippen LogP) is 2.07. The molecule has 0 bridgehead atoms. The van der Waals surface area contributed by atoms with E-state index in [1.807, 2.05) is 13.8 Å². The van der Waals surface area contributed by atoms with Gasteiger partial charge in [0, 0.05) is 32.7 Å². The minimum atomic E-state index is -0.176. The van der Waals surface area contributed by atoms with Crippen molar-refractivity contribution in [2.75, 3.05) is 32.7 Å². The third-order valence-electron chi connectivity index (χ3n) is 3.31. The summed E-state index contributed by atoms with van der Waals surface area (Å²) in [6.07, 6.45) is 14.0. The summed E-state index contributed by atoms with van der Waals surface area (Å²) in [5.41, 5.74) is 1.49. The standard InChI is InChI=1S/C14H18N2O.C2H6/c1-2-14(17)16-10-8-15(9-11-16)12-13-6-4-3-5-7-13;1-2/h1,3-4,6H,5,7-12H2;1-2H3. The van der Waals surface area contributed by atoms with Gasteiger partial charge in [0.1, 0.15) is 0 Å². The van der Waals surface area contributed by atoms with Crippen molar-refractivity contribution in [3.63, 3.8) is 0 Å². The van der Waals surface area contributed by atoms with Crippen molar-refractivity contribution in [3.8, 4) is 12.3 Å². The van der Waals surface area contributed by atoms with Crippen molar-refractivity contribution in [1.29, 1.82) is 0 Å². The normalized spacial score (nSPS) is 19.0. The van der Waals surface area contributed by atoms with E-state index in [-0.39, 0.29) is 5.91 Å². The molecule has 1 saturated heterocycles. The summed E-state index contributed by atoms with van der Waals surface area (Å²) in [5, 5.41) is 0. The van der Waals surface area contributed by atoms with Crippen LogP contribution in [-0.4, -0.2) is 48.4 Å². The second-order valence-electron chi connectivity index (χ2n) is 4.50. The molecular weight excluding hydrogens is 236 g/mol. The van der Waals surface area contributed by atoms with Gasteiger partial charge in [0.15, 0.2) is 0 Å². The Bertz CT molecular complexity index is 382. The zero-order chi connectivity index (χ0) is 14.1. The Morgan fingerprint density at radius 3 is 2.53 bits per heavy atom. The van der Waals surface area contributed by atoms with Crippen molar-refractivity contribution in [1.82, 2.24) is 9.80 Å². The molecule has 3 nitrogen and oxygen atoms in total. The van der Waals surface area contributed by atoms with Crippen LogP contribution in [0.2, 0.25) is 0 Å². The molecule has 1 aliphatic carbocycles. The lowest BCUT2D eigenvalue weighted by molar-refractivity contribution is -0.126. The topological polar surface area (TPSA) is 23.6 Å². The summed E-state index contributed by atoms with van der Waals surface area (Å²) < 4.78 is 0. The number of nitrogens with zero attached hydrogens (tertiary/aromatic N) is 2. The molecule has 19 heavy (non-hydrogen) atoms. The van der Waals surface area contributed by atoms with E-state index < -0.39 is 0 Å². The smallest absolute Gasteiger partial charge is 0.298 e. The number of piperazine rings is 1. The Kier molecular flexibility index (Phi) is 6.99. The van der Waals surface area contributed by atoms with Gasteiger partial charge in [-0.1, -0.05) is 37.6 Å². The van der Waals surface area contributed by atoms with Gasteiger partial charge in [0.05, 0.1) is 0 Å². The first-order chi connectivity index (χ1) is 9.29. The second kappa shape index (κ2) is 8.55. The molecule has 0 spiro atoms. The molecule has 0 aromatic rings. The van der Waals surface area contributed by atoms with Gasteiger partial charge < -0.3 is 4.90 Å². The first kappa shape index (κ1) is 15.5. The highest BCUT2D eigenvalue weighted by atomic mass is 16.2. The Hall–Kier alpha value is -1.53. The number of rotatable bonds is 2. The van der Waals surface area contributed by atoms with E-state index in [1.54, 1.807) is 4.90 Å². The van der Waals surface area contributed by atoms with Crippen LogP contribution in [0.1, 0.15) is 26.7 Å². The van der Waals surface area contributed by atoms with Crippen molar-refractivity contribution < 1.29 is 4.79 Å². The molecule has 1 aliphatic heterocycles. The van der Waals surface area contributed by atoms with E-state index in [0.717, 1.165) is 39.1 Å². The van der Waals surface area contributed by atoms with Crippen LogP contribution in [0.4, 0.5) is 0 Å². The maximum Gasteiger partial charge on any atom is 0.298 e. The largest absolute Gasteiger partial charge is 0.329 e. The summed E-state index contributed by atoms with van der Waals surface area (Å²) in [5.74, 6) is 2.00. The molecule has 104 valence electrons. The zero-order valence-corrected chi connectivity index (χ0v) is 12.1. The number of terminal acetylenes is 1. The number of carbonyl (C=O) groups is 1. The molecule has 2 aliphatic rings. The number of carbonyl (C=O) groups excluding carboxylic acids is 1. The van der Waals surface area contributed by atoms with Gasteiger partial charge in [-0.2, -0.15) is 0 Å². The van der Waals surface area contributed by atoms with Crippen LogP contribution in [0, 0.1) is 12.3 Å². The van der Waals surface area contributed by atoms with E-state index in [4.69, 9.17) is 6.42 Å². The molecule has 0 saturated carbocycles. The molecule has 1 fully saturated rings. The zero-order valence-electron chi connectivity index (χ0n) is 12.1. The molecule has 1 amide bonds. The van der Waals surface area contributed by atoms with E-state index in [9.17, 15) is 4.79 Å². The van der Waals surface area contributed by atoms with Gasteiger partial charge in [-0.25, -0.2) is 0 Å². The SMILES string of the molecule is C#CC(=O)N1CCN(CC2=CC=CCC2)CC1.CC. The molecule has 0 aromatic heterocycles. The third-order valence-corrected chi connectivity index (χ3v) is 3.31. The fraction of sp³-hybridized carbons (Fsp3) is 0.562. The van der Waals surface area contributed by atoms with E-state index >= 15 is 0 Å². The lowest BCUT2D eigenvalue weighted by Gasteiger charge is -2.34. The number of hydrogen-bond acceptors (Lipinski definition) is 2. The molecule has 0 N–H and O–H groups in total. The van der Waals surface area contributed by atoms with Gasteiger partial charge in [0.2, 0.25) is 0 Å². The summed E-state index contributed by atoms with van der Waals surface area (Å²) in [4.78, 5) is 15.5. The number of allylic oxidation sites excluding steroid dienone is 3.